The Bertz CT molecular complexity index is 715. The largest absolute Gasteiger partial charge is 0.493 e. The van der Waals surface area contributed by atoms with E-state index in [9.17, 15) is 4.79 Å². The zero-order valence-electron chi connectivity index (χ0n) is 14.4. The van der Waals surface area contributed by atoms with Crippen LogP contribution in [-0.2, 0) is 22.7 Å². The van der Waals surface area contributed by atoms with Gasteiger partial charge >= 0.3 is 0 Å². The van der Waals surface area contributed by atoms with E-state index < -0.39 is 0 Å². The van der Waals surface area contributed by atoms with Crippen molar-refractivity contribution in [1.82, 2.24) is 9.88 Å². The number of hydrogen-bond acceptors (Lipinski definition) is 6. The average Bonchev–Trinajstić information content (AvgIpc) is 3.37. The Kier molecular flexibility index (Phi) is 5.88. The first kappa shape index (κ1) is 17.7. The van der Waals surface area contributed by atoms with Gasteiger partial charge in [-0.15, -0.1) is 11.3 Å². The van der Waals surface area contributed by atoms with E-state index in [1.807, 2.05) is 34.5 Å². The number of carbonyl (C=O) groups is 1. The fraction of sp³-hybridized carbons (Fsp3) is 0.444. The molecule has 2 aromatic rings. The van der Waals surface area contributed by atoms with E-state index in [0.29, 0.717) is 30.7 Å². The van der Waals surface area contributed by atoms with Crippen molar-refractivity contribution in [1.29, 1.82) is 0 Å². The molecule has 7 heteroatoms. The summed E-state index contributed by atoms with van der Waals surface area (Å²) in [4.78, 5) is 18.6. The summed E-state index contributed by atoms with van der Waals surface area (Å²) in [6.07, 6.45) is 2.12. The van der Waals surface area contributed by atoms with Crippen LogP contribution in [0.1, 0.15) is 23.5 Å². The molecule has 0 spiro atoms. The van der Waals surface area contributed by atoms with Crippen molar-refractivity contribution in [2.45, 2.75) is 32.0 Å². The lowest BCUT2D eigenvalue weighted by atomic mass is 10.3. The molecule has 6 nitrogen and oxygen atoms in total. The van der Waals surface area contributed by atoms with Gasteiger partial charge in [-0.05, 0) is 25.0 Å². The van der Waals surface area contributed by atoms with Gasteiger partial charge in [0.25, 0.3) is 0 Å². The minimum absolute atomic E-state index is 0.0184. The summed E-state index contributed by atoms with van der Waals surface area (Å²) in [6.45, 7) is 1.02. The summed E-state index contributed by atoms with van der Waals surface area (Å²) in [5, 5.41) is 2.85. The van der Waals surface area contributed by atoms with Gasteiger partial charge < -0.3 is 19.1 Å². The zero-order chi connectivity index (χ0) is 17.6. The van der Waals surface area contributed by atoms with Gasteiger partial charge in [0.15, 0.2) is 11.5 Å². The van der Waals surface area contributed by atoms with Crippen LogP contribution in [0.25, 0.3) is 0 Å². The maximum absolute atomic E-state index is 12.2. The van der Waals surface area contributed by atoms with E-state index in [0.717, 1.165) is 23.5 Å². The maximum Gasteiger partial charge on any atom is 0.249 e. The number of methoxy groups -OCH3 is 2. The van der Waals surface area contributed by atoms with Crippen molar-refractivity contribution in [3.63, 3.8) is 0 Å². The van der Waals surface area contributed by atoms with Crippen LogP contribution in [0.2, 0.25) is 0 Å². The van der Waals surface area contributed by atoms with Crippen LogP contribution in [0, 0.1) is 0 Å². The van der Waals surface area contributed by atoms with Crippen LogP contribution >= 0.6 is 11.3 Å². The molecular formula is C18H22N2O4S. The first-order valence-electron chi connectivity index (χ1n) is 8.18. The second-order valence-electron chi connectivity index (χ2n) is 5.86. The van der Waals surface area contributed by atoms with E-state index in [4.69, 9.17) is 14.2 Å². The number of ether oxygens (including phenoxy) is 3. The summed E-state index contributed by atoms with van der Waals surface area (Å²) in [5.74, 6) is 1.41. The van der Waals surface area contributed by atoms with E-state index >= 15 is 0 Å². The highest BCUT2D eigenvalue weighted by molar-refractivity contribution is 7.09. The number of carbonyl (C=O) groups excluding carboxylic acids is 1. The van der Waals surface area contributed by atoms with Gasteiger partial charge in [-0.3, -0.25) is 4.79 Å². The van der Waals surface area contributed by atoms with E-state index in [-0.39, 0.29) is 12.5 Å². The number of hydrogen-bond donors (Lipinski definition) is 0. The van der Waals surface area contributed by atoms with Crippen LogP contribution in [0.15, 0.2) is 29.6 Å². The molecule has 0 aliphatic heterocycles. The maximum atomic E-state index is 12.2. The summed E-state index contributed by atoms with van der Waals surface area (Å²) in [5.41, 5.74) is 0.889. The molecule has 1 aromatic carbocycles. The van der Waals surface area contributed by atoms with Crippen LogP contribution < -0.4 is 9.47 Å². The number of thiazole rings is 1. The Morgan fingerprint density at radius 1 is 1.28 bits per heavy atom. The SMILES string of the molecule is COCC(=O)N(Cc1csc(COc2ccccc2OC)n1)C1CC1. The second-order valence-corrected chi connectivity index (χ2v) is 6.80. The zero-order valence-corrected chi connectivity index (χ0v) is 15.3. The third-order valence-corrected chi connectivity index (χ3v) is 4.80. The molecule has 0 bridgehead atoms. The van der Waals surface area contributed by atoms with Crippen LogP contribution in [0.3, 0.4) is 0 Å². The first-order valence-corrected chi connectivity index (χ1v) is 9.06. The monoisotopic (exact) mass is 362 g/mol. The third-order valence-electron chi connectivity index (χ3n) is 3.93. The molecule has 134 valence electrons. The van der Waals surface area contributed by atoms with E-state index in [1.165, 1.54) is 11.3 Å². The lowest BCUT2D eigenvalue weighted by molar-refractivity contribution is -0.136. The van der Waals surface area contributed by atoms with Gasteiger partial charge in [-0.2, -0.15) is 0 Å². The van der Waals surface area contributed by atoms with Gasteiger partial charge in [0, 0.05) is 18.5 Å². The molecule has 0 atom stereocenters. The van der Waals surface area contributed by atoms with Crippen molar-refractivity contribution in [2.24, 2.45) is 0 Å². The molecule has 1 aromatic heterocycles. The fourth-order valence-corrected chi connectivity index (χ4v) is 3.25. The molecule has 25 heavy (non-hydrogen) atoms. The lowest BCUT2D eigenvalue weighted by Gasteiger charge is -2.20. The fourth-order valence-electron chi connectivity index (χ4n) is 2.55. The van der Waals surface area contributed by atoms with Crippen molar-refractivity contribution in [2.75, 3.05) is 20.8 Å². The molecule has 0 saturated heterocycles. The number of rotatable bonds is 9. The molecule has 1 fully saturated rings. The minimum atomic E-state index is 0.0184. The first-order chi connectivity index (χ1) is 12.2. The molecular weight excluding hydrogens is 340 g/mol. The van der Waals surface area contributed by atoms with Crippen molar-refractivity contribution < 1.29 is 19.0 Å². The molecule has 0 unspecified atom stereocenters. The van der Waals surface area contributed by atoms with Gasteiger partial charge in [0.05, 0.1) is 19.3 Å². The lowest BCUT2D eigenvalue weighted by Crippen LogP contribution is -2.35. The third kappa shape index (κ3) is 4.70. The quantitative estimate of drug-likeness (QED) is 0.686. The topological polar surface area (TPSA) is 60.9 Å². The number of nitrogens with zero attached hydrogens (tertiary/aromatic N) is 2. The van der Waals surface area contributed by atoms with Crippen LogP contribution in [-0.4, -0.2) is 42.7 Å². The van der Waals surface area contributed by atoms with Crippen LogP contribution in [0.4, 0.5) is 0 Å². The van der Waals surface area contributed by atoms with Crippen molar-refractivity contribution >= 4 is 17.2 Å². The molecule has 0 N–H and O–H groups in total. The summed E-state index contributed by atoms with van der Waals surface area (Å²) in [6, 6.07) is 7.86. The number of amides is 1. The van der Waals surface area contributed by atoms with Crippen molar-refractivity contribution in [3.8, 4) is 11.5 Å². The second kappa shape index (κ2) is 8.31. The molecule has 1 heterocycles. The number of aromatic nitrogens is 1. The summed E-state index contributed by atoms with van der Waals surface area (Å²) in [7, 11) is 3.16. The predicted octanol–water partition coefficient (Wildman–Crippen LogP) is 2.87. The molecule has 1 saturated carbocycles. The van der Waals surface area contributed by atoms with Gasteiger partial charge in [-0.25, -0.2) is 4.98 Å². The standard InChI is InChI=1S/C18H22N2O4S/c1-22-11-18(21)20(14-7-8-14)9-13-12-25-17(19-13)10-24-16-6-4-3-5-15(16)23-2/h3-6,12,14H,7-11H2,1-2H3. The Morgan fingerprint density at radius 2 is 2.04 bits per heavy atom. The Balaban J connectivity index is 1.59. The Labute approximate surface area is 151 Å². The molecule has 1 amide bonds. The summed E-state index contributed by atoms with van der Waals surface area (Å²) >= 11 is 1.54. The number of benzene rings is 1. The van der Waals surface area contributed by atoms with Gasteiger partial charge in [-0.1, -0.05) is 12.1 Å². The highest BCUT2D eigenvalue weighted by Crippen LogP contribution is 2.29. The van der Waals surface area contributed by atoms with Crippen LogP contribution in [0.5, 0.6) is 11.5 Å². The summed E-state index contributed by atoms with van der Waals surface area (Å²) < 4.78 is 16.1. The average molecular weight is 362 g/mol. The number of para-hydroxylation sites is 2. The predicted molar refractivity (Wildman–Crippen MR) is 94.9 cm³/mol. The smallest absolute Gasteiger partial charge is 0.249 e. The van der Waals surface area contributed by atoms with Gasteiger partial charge in [0.2, 0.25) is 5.91 Å². The molecule has 0 radical (unpaired) electrons. The van der Waals surface area contributed by atoms with Gasteiger partial charge in [0.1, 0.15) is 18.2 Å². The normalized spacial score (nSPS) is 13.5. The van der Waals surface area contributed by atoms with E-state index in [1.54, 1.807) is 14.2 Å². The highest BCUT2D eigenvalue weighted by Gasteiger charge is 2.32. The van der Waals surface area contributed by atoms with E-state index in [2.05, 4.69) is 4.98 Å². The molecule has 3 rings (SSSR count). The van der Waals surface area contributed by atoms with Crippen molar-refractivity contribution in [3.05, 3.63) is 40.3 Å². The Morgan fingerprint density at radius 3 is 2.72 bits per heavy atom. The molecule has 1 aliphatic rings. The molecule has 1 aliphatic carbocycles. The minimum Gasteiger partial charge on any atom is -0.493 e. The Hall–Kier alpha value is -2.12. The highest BCUT2D eigenvalue weighted by atomic mass is 32.1.